The zero-order chi connectivity index (χ0) is 13.7. The quantitative estimate of drug-likeness (QED) is 0.507. The Kier molecular flexibility index (Phi) is 5.05. The van der Waals surface area contributed by atoms with Gasteiger partial charge in [0.05, 0.1) is 0 Å². The highest BCUT2D eigenvalue weighted by Gasteiger charge is 2.20. The van der Waals surface area contributed by atoms with Gasteiger partial charge in [-0.2, -0.15) is 0 Å². The molecule has 5 heteroatoms. The lowest BCUT2D eigenvalue weighted by Gasteiger charge is -2.24. The molecule has 1 aromatic carbocycles. The Hall–Kier alpha value is -1.26. The molecule has 1 aliphatic carbocycles. The third-order valence-corrected chi connectivity index (χ3v) is 3.77. The first-order chi connectivity index (χ1) is 9.20. The van der Waals surface area contributed by atoms with Crippen LogP contribution in [-0.4, -0.2) is 12.5 Å². The van der Waals surface area contributed by atoms with Crippen LogP contribution >= 0.6 is 11.6 Å². The summed E-state index contributed by atoms with van der Waals surface area (Å²) < 4.78 is 5.55. The fourth-order valence-corrected chi connectivity index (χ4v) is 2.75. The van der Waals surface area contributed by atoms with E-state index in [2.05, 4.69) is 5.43 Å². The van der Waals surface area contributed by atoms with Crippen molar-refractivity contribution in [2.24, 2.45) is 5.84 Å². The Morgan fingerprint density at radius 3 is 2.79 bits per heavy atom. The van der Waals surface area contributed by atoms with Crippen molar-refractivity contribution in [1.29, 1.82) is 0 Å². The number of nitrogens with one attached hydrogen (secondary N) is 1. The van der Waals surface area contributed by atoms with Crippen molar-refractivity contribution in [3.8, 4) is 5.75 Å². The first-order valence-electron chi connectivity index (χ1n) is 6.62. The van der Waals surface area contributed by atoms with Gasteiger partial charge in [0, 0.05) is 5.02 Å². The van der Waals surface area contributed by atoms with E-state index in [1.165, 1.54) is 19.3 Å². The molecule has 0 aromatic heterocycles. The fraction of sp³-hybridized carbons (Fsp3) is 0.500. The van der Waals surface area contributed by atoms with Crippen molar-refractivity contribution in [2.45, 2.75) is 38.0 Å². The molecule has 19 heavy (non-hydrogen) atoms. The molecular weight excluding hydrogens is 264 g/mol. The molecule has 0 radical (unpaired) electrons. The molecule has 0 spiro atoms. The molecule has 0 atom stereocenters. The number of nitrogens with two attached hydrogens (primary N) is 1. The lowest BCUT2D eigenvalue weighted by atomic mass is 9.84. The maximum Gasteiger partial charge on any atom is 0.271 e. The summed E-state index contributed by atoms with van der Waals surface area (Å²) in [5, 5.41) is 0.705. The van der Waals surface area contributed by atoms with Crippen LogP contribution in [-0.2, 0) is 4.79 Å². The number of ether oxygens (including phenoxy) is 1. The molecule has 0 bridgehead atoms. The standard InChI is InChI=1S/C14H19ClN2O2/c15-11-6-7-13(19-9-14(18)17-16)12(8-11)10-4-2-1-3-5-10/h6-8,10H,1-5,9,16H2,(H,17,18). The summed E-state index contributed by atoms with van der Waals surface area (Å²) in [7, 11) is 0. The van der Waals surface area contributed by atoms with Crippen molar-refractivity contribution < 1.29 is 9.53 Å². The van der Waals surface area contributed by atoms with Crippen LogP contribution < -0.4 is 16.0 Å². The average Bonchev–Trinajstić information content (AvgIpc) is 2.46. The van der Waals surface area contributed by atoms with E-state index in [9.17, 15) is 4.79 Å². The van der Waals surface area contributed by atoms with Crippen LogP contribution in [0.4, 0.5) is 0 Å². The maximum absolute atomic E-state index is 11.2. The zero-order valence-corrected chi connectivity index (χ0v) is 11.6. The van der Waals surface area contributed by atoms with Gasteiger partial charge in [0.15, 0.2) is 6.61 Å². The number of hydrazine groups is 1. The minimum absolute atomic E-state index is 0.0716. The van der Waals surface area contributed by atoms with Crippen molar-refractivity contribution in [2.75, 3.05) is 6.61 Å². The third kappa shape index (κ3) is 3.85. The van der Waals surface area contributed by atoms with E-state index < -0.39 is 0 Å². The molecule has 0 heterocycles. The number of hydrogen-bond donors (Lipinski definition) is 2. The molecule has 1 saturated carbocycles. The molecule has 104 valence electrons. The fourth-order valence-electron chi connectivity index (χ4n) is 2.57. The number of carbonyl (C=O) groups is 1. The van der Waals surface area contributed by atoms with Gasteiger partial charge in [0.25, 0.3) is 5.91 Å². The number of rotatable bonds is 4. The van der Waals surface area contributed by atoms with Crippen LogP contribution in [0.5, 0.6) is 5.75 Å². The first kappa shape index (κ1) is 14.2. The van der Waals surface area contributed by atoms with Crippen molar-refractivity contribution in [3.05, 3.63) is 28.8 Å². The first-order valence-corrected chi connectivity index (χ1v) is 7.00. The number of halogens is 1. The third-order valence-electron chi connectivity index (χ3n) is 3.54. The van der Waals surface area contributed by atoms with E-state index in [1.54, 1.807) is 6.07 Å². The normalized spacial score (nSPS) is 16.1. The topological polar surface area (TPSA) is 64.3 Å². The second-order valence-electron chi connectivity index (χ2n) is 4.87. The molecule has 4 nitrogen and oxygen atoms in total. The van der Waals surface area contributed by atoms with Gasteiger partial charge in [-0.15, -0.1) is 0 Å². The molecule has 1 aromatic rings. The number of hydrogen-bond acceptors (Lipinski definition) is 3. The van der Waals surface area contributed by atoms with Crippen LogP contribution in [0.3, 0.4) is 0 Å². The molecule has 3 N–H and O–H groups in total. The van der Waals surface area contributed by atoms with Crippen molar-refractivity contribution in [1.82, 2.24) is 5.43 Å². The van der Waals surface area contributed by atoms with Gasteiger partial charge in [-0.05, 0) is 42.5 Å². The largest absolute Gasteiger partial charge is 0.483 e. The lowest BCUT2D eigenvalue weighted by Crippen LogP contribution is -2.34. The Labute approximate surface area is 118 Å². The molecule has 2 rings (SSSR count). The van der Waals surface area contributed by atoms with Gasteiger partial charge in [-0.25, -0.2) is 5.84 Å². The molecule has 1 fully saturated rings. The van der Waals surface area contributed by atoms with Crippen LogP contribution in [0.25, 0.3) is 0 Å². The van der Waals surface area contributed by atoms with E-state index in [-0.39, 0.29) is 12.5 Å². The second-order valence-corrected chi connectivity index (χ2v) is 5.31. The summed E-state index contributed by atoms with van der Waals surface area (Å²) in [5.74, 6) is 5.91. The minimum Gasteiger partial charge on any atom is -0.483 e. The Morgan fingerprint density at radius 1 is 1.37 bits per heavy atom. The summed E-state index contributed by atoms with van der Waals surface area (Å²) in [5.41, 5.74) is 3.16. The number of benzene rings is 1. The van der Waals surface area contributed by atoms with Crippen LogP contribution in [0.2, 0.25) is 5.02 Å². The summed E-state index contributed by atoms with van der Waals surface area (Å²) in [6.45, 7) is -0.0716. The van der Waals surface area contributed by atoms with Crippen LogP contribution in [0.15, 0.2) is 18.2 Å². The molecule has 1 aliphatic rings. The molecule has 0 saturated heterocycles. The Balaban J connectivity index is 2.14. The van der Waals surface area contributed by atoms with Crippen molar-refractivity contribution >= 4 is 17.5 Å². The minimum atomic E-state index is -0.343. The van der Waals surface area contributed by atoms with Gasteiger partial charge < -0.3 is 4.74 Å². The number of amides is 1. The Bertz CT molecular complexity index is 445. The SMILES string of the molecule is NNC(=O)COc1ccc(Cl)cc1C1CCCCC1. The van der Waals surface area contributed by atoms with Gasteiger partial charge in [-0.1, -0.05) is 30.9 Å². The molecular formula is C14H19ClN2O2. The predicted octanol–water partition coefficient (Wildman–Crippen LogP) is 2.76. The second kappa shape index (κ2) is 6.78. The summed E-state index contributed by atoms with van der Waals surface area (Å²) >= 11 is 6.07. The van der Waals surface area contributed by atoms with Gasteiger partial charge in [0.2, 0.25) is 0 Å². The molecule has 0 aliphatic heterocycles. The van der Waals surface area contributed by atoms with Crippen LogP contribution in [0.1, 0.15) is 43.6 Å². The Morgan fingerprint density at radius 2 is 2.11 bits per heavy atom. The lowest BCUT2D eigenvalue weighted by molar-refractivity contribution is -0.123. The molecule has 1 amide bonds. The zero-order valence-electron chi connectivity index (χ0n) is 10.8. The van der Waals surface area contributed by atoms with Gasteiger partial charge in [0.1, 0.15) is 5.75 Å². The van der Waals surface area contributed by atoms with E-state index in [1.807, 2.05) is 12.1 Å². The predicted molar refractivity (Wildman–Crippen MR) is 75.1 cm³/mol. The summed E-state index contributed by atoms with van der Waals surface area (Å²) in [6, 6.07) is 5.56. The summed E-state index contributed by atoms with van der Waals surface area (Å²) in [4.78, 5) is 11.2. The average molecular weight is 283 g/mol. The monoisotopic (exact) mass is 282 g/mol. The highest BCUT2D eigenvalue weighted by Crippen LogP contribution is 2.38. The smallest absolute Gasteiger partial charge is 0.271 e. The van der Waals surface area contributed by atoms with E-state index >= 15 is 0 Å². The van der Waals surface area contributed by atoms with E-state index in [4.69, 9.17) is 22.2 Å². The maximum atomic E-state index is 11.2. The highest BCUT2D eigenvalue weighted by molar-refractivity contribution is 6.30. The van der Waals surface area contributed by atoms with Gasteiger partial charge in [-0.3, -0.25) is 10.2 Å². The highest BCUT2D eigenvalue weighted by atomic mass is 35.5. The summed E-state index contributed by atoms with van der Waals surface area (Å²) in [6.07, 6.45) is 6.07. The van der Waals surface area contributed by atoms with E-state index in [0.717, 1.165) is 24.2 Å². The number of carbonyl (C=O) groups excluding carboxylic acids is 1. The molecule has 0 unspecified atom stereocenters. The van der Waals surface area contributed by atoms with E-state index in [0.29, 0.717) is 10.9 Å². The van der Waals surface area contributed by atoms with Crippen LogP contribution in [0, 0.1) is 0 Å². The van der Waals surface area contributed by atoms with Crippen molar-refractivity contribution in [3.63, 3.8) is 0 Å². The van der Waals surface area contributed by atoms with Gasteiger partial charge >= 0.3 is 0 Å².